The Morgan fingerprint density at radius 2 is 1.07 bits per heavy atom. The Balaban J connectivity index is 1.55. The molecule has 1 heterocycles. The first-order chi connectivity index (χ1) is 20.7. The van der Waals surface area contributed by atoms with E-state index in [1.54, 1.807) is 0 Å². The van der Waals surface area contributed by atoms with Crippen LogP contribution in [0.25, 0.3) is 0 Å². The minimum atomic E-state index is -1.37. The Bertz CT molecular complexity index is 1760. The molecular weight excluding hydrogens is 588 g/mol. The fraction of sp³-hybridized carbons (Fsp3) is 0.103. The third-order valence-corrected chi connectivity index (χ3v) is 6.64. The molecule has 0 radical (unpaired) electrons. The number of phenols is 10. The largest absolute Gasteiger partial charge is 0.508 e. The van der Waals surface area contributed by atoms with E-state index < -0.39 is 92.8 Å². The highest BCUT2D eigenvalue weighted by molar-refractivity contribution is 5.93. The fourth-order valence-electron chi connectivity index (χ4n) is 4.51. The standard InChI is InChI=1S/C29H22O15/c30-13-7-21-14(22(8-13)43-28(40)11-3-17(33)25(38)18(34)4-11)9-23(27(42-21)10-1-15(31)24(37)16(32)2-10)44-29(41)12-5-19(35)26(39)20(36)6-12/h1-8,23,27,30-39H,9H2/t23-,27+/m1/s1. The number of fused-ring (bicyclic) bond motifs is 1. The van der Waals surface area contributed by atoms with Crippen molar-refractivity contribution < 1.29 is 74.9 Å². The maximum absolute atomic E-state index is 13.1. The second-order valence-corrected chi connectivity index (χ2v) is 9.63. The molecule has 0 aromatic heterocycles. The summed E-state index contributed by atoms with van der Waals surface area (Å²) >= 11 is 0. The topological polar surface area (TPSA) is 264 Å². The summed E-state index contributed by atoms with van der Waals surface area (Å²) in [7, 11) is 0. The second-order valence-electron chi connectivity index (χ2n) is 9.63. The first-order valence-electron chi connectivity index (χ1n) is 12.4. The molecule has 4 aromatic rings. The number of carbonyl (C=O) groups excluding carboxylic acids is 2. The van der Waals surface area contributed by atoms with Crippen LogP contribution in [0.2, 0.25) is 0 Å². The quantitative estimate of drug-likeness (QED) is 0.0884. The monoisotopic (exact) mass is 610 g/mol. The van der Waals surface area contributed by atoms with E-state index in [9.17, 15) is 60.7 Å². The lowest BCUT2D eigenvalue weighted by Crippen LogP contribution is -2.35. The van der Waals surface area contributed by atoms with E-state index >= 15 is 0 Å². The summed E-state index contributed by atoms with van der Waals surface area (Å²) < 4.78 is 16.9. The molecular formula is C29H22O15. The van der Waals surface area contributed by atoms with Crippen molar-refractivity contribution in [3.8, 4) is 69.0 Å². The van der Waals surface area contributed by atoms with E-state index in [0.29, 0.717) is 0 Å². The molecule has 0 unspecified atom stereocenters. The van der Waals surface area contributed by atoms with Gasteiger partial charge in [-0.05, 0) is 36.4 Å². The highest BCUT2D eigenvalue weighted by Crippen LogP contribution is 2.47. The van der Waals surface area contributed by atoms with Crippen LogP contribution in [-0.4, -0.2) is 69.1 Å². The molecule has 5 rings (SSSR count). The minimum absolute atomic E-state index is 0.0189. The zero-order chi connectivity index (χ0) is 32.0. The number of carbonyl (C=O) groups is 2. The van der Waals surface area contributed by atoms with Crippen LogP contribution in [0.15, 0.2) is 48.5 Å². The van der Waals surface area contributed by atoms with E-state index in [2.05, 4.69) is 0 Å². The van der Waals surface area contributed by atoms with Gasteiger partial charge < -0.3 is 65.3 Å². The van der Waals surface area contributed by atoms with Gasteiger partial charge in [-0.15, -0.1) is 0 Å². The van der Waals surface area contributed by atoms with Gasteiger partial charge in [0.05, 0.1) is 11.1 Å². The Labute approximate surface area is 245 Å². The lowest BCUT2D eigenvalue weighted by atomic mass is 9.93. The van der Waals surface area contributed by atoms with Crippen molar-refractivity contribution in [1.29, 1.82) is 0 Å². The number of rotatable bonds is 5. The van der Waals surface area contributed by atoms with Gasteiger partial charge in [-0.1, -0.05) is 0 Å². The average molecular weight is 610 g/mol. The highest BCUT2D eigenvalue weighted by atomic mass is 16.6. The zero-order valence-corrected chi connectivity index (χ0v) is 22.0. The van der Waals surface area contributed by atoms with E-state index in [-0.39, 0.29) is 29.0 Å². The summed E-state index contributed by atoms with van der Waals surface area (Å²) in [6.07, 6.45) is -3.04. The van der Waals surface area contributed by atoms with Crippen molar-refractivity contribution in [2.75, 3.05) is 0 Å². The molecule has 10 N–H and O–H groups in total. The van der Waals surface area contributed by atoms with Crippen LogP contribution in [0, 0.1) is 0 Å². The van der Waals surface area contributed by atoms with Gasteiger partial charge in [0.25, 0.3) is 0 Å². The molecule has 0 saturated heterocycles. The predicted molar refractivity (Wildman–Crippen MR) is 144 cm³/mol. The second kappa shape index (κ2) is 10.8. The molecule has 228 valence electrons. The maximum Gasteiger partial charge on any atom is 0.343 e. The van der Waals surface area contributed by atoms with Gasteiger partial charge in [0.1, 0.15) is 23.4 Å². The molecule has 0 bridgehead atoms. The Kier molecular flexibility index (Phi) is 7.14. The van der Waals surface area contributed by atoms with Gasteiger partial charge in [0.15, 0.2) is 57.8 Å². The van der Waals surface area contributed by atoms with Crippen LogP contribution >= 0.6 is 0 Å². The first-order valence-corrected chi connectivity index (χ1v) is 12.4. The van der Waals surface area contributed by atoms with Crippen molar-refractivity contribution in [2.45, 2.75) is 18.6 Å². The van der Waals surface area contributed by atoms with Crippen LogP contribution in [0.5, 0.6) is 69.0 Å². The number of aromatic hydroxyl groups is 10. The molecule has 44 heavy (non-hydrogen) atoms. The lowest BCUT2D eigenvalue weighted by Gasteiger charge is -2.34. The third kappa shape index (κ3) is 5.32. The number of phenolic OH excluding ortho intramolecular Hbond substituents is 10. The van der Waals surface area contributed by atoms with Gasteiger partial charge in [-0.25, -0.2) is 9.59 Å². The summed E-state index contributed by atoms with van der Waals surface area (Å²) in [5.41, 5.74) is -0.756. The molecule has 0 aliphatic carbocycles. The predicted octanol–water partition coefficient (Wildman–Crippen LogP) is 2.86. The van der Waals surface area contributed by atoms with E-state index in [1.807, 2.05) is 0 Å². The SMILES string of the molecule is O=C(Oc1cc(O)cc2c1C[C@@H](OC(=O)c1cc(O)c(O)c(O)c1)[C@H](c1cc(O)c(O)c(O)c1)O2)c1cc(O)c(O)c(O)c1. The Morgan fingerprint density at radius 1 is 0.614 bits per heavy atom. The van der Waals surface area contributed by atoms with E-state index in [1.165, 1.54) is 0 Å². The minimum Gasteiger partial charge on any atom is -0.508 e. The van der Waals surface area contributed by atoms with Crippen molar-refractivity contribution in [3.63, 3.8) is 0 Å². The maximum atomic E-state index is 13.1. The van der Waals surface area contributed by atoms with Crippen LogP contribution in [0.3, 0.4) is 0 Å². The Morgan fingerprint density at radius 3 is 1.57 bits per heavy atom. The van der Waals surface area contributed by atoms with Crippen molar-refractivity contribution in [2.24, 2.45) is 0 Å². The summed E-state index contributed by atoms with van der Waals surface area (Å²) in [5, 5.41) is 98.7. The smallest absolute Gasteiger partial charge is 0.343 e. The number of hydrogen-bond donors (Lipinski definition) is 10. The average Bonchev–Trinajstić information content (AvgIpc) is 2.96. The molecule has 15 heteroatoms. The highest BCUT2D eigenvalue weighted by Gasteiger charge is 2.38. The molecule has 1 aliphatic heterocycles. The van der Waals surface area contributed by atoms with Crippen LogP contribution in [-0.2, 0) is 11.2 Å². The molecule has 0 saturated carbocycles. The third-order valence-electron chi connectivity index (χ3n) is 6.64. The molecule has 0 fully saturated rings. The van der Waals surface area contributed by atoms with Crippen molar-refractivity contribution in [1.82, 2.24) is 0 Å². The van der Waals surface area contributed by atoms with Gasteiger partial charge >= 0.3 is 11.9 Å². The zero-order valence-electron chi connectivity index (χ0n) is 22.0. The lowest BCUT2D eigenvalue weighted by molar-refractivity contribution is -0.0190. The normalized spacial score (nSPS) is 15.5. The Hall–Kier alpha value is -6.38. The van der Waals surface area contributed by atoms with Gasteiger partial charge in [-0.3, -0.25) is 0 Å². The fourth-order valence-corrected chi connectivity index (χ4v) is 4.51. The molecule has 0 amide bonds. The number of benzene rings is 4. The van der Waals surface area contributed by atoms with Crippen molar-refractivity contribution >= 4 is 11.9 Å². The van der Waals surface area contributed by atoms with Gasteiger partial charge in [0.2, 0.25) is 0 Å². The molecule has 0 spiro atoms. The molecule has 4 aromatic carbocycles. The van der Waals surface area contributed by atoms with Crippen LogP contribution < -0.4 is 9.47 Å². The van der Waals surface area contributed by atoms with Crippen LogP contribution in [0.4, 0.5) is 0 Å². The molecule has 15 nitrogen and oxygen atoms in total. The van der Waals surface area contributed by atoms with Gasteiger partial charge in [-0.2, -0.15) is 0 Å². The van der Waals surface area contributed by atoms with E-state index in [0.717, 1.165) is 48.5 Å². The van der Waals surface area contributed by atoms with E-state index in [4.69, 9.17) is 14.2 Å². The summed E-state index contributed by atoms with van der Waals surface area (Å²) in [6.45, 7) is 0. The summed E-state index contributed by atoms with van der Waals surface area (Å²) in [4.78, 5) is 26.0. The first kappa shape index (κ1) is 29.1. The van der Waals surface area contributed by atoms with Gasteiger partial charge in [0, 0.05) is 29.7 Å². The summed E-state index contributed by atoms with van der Waals surface area (Å²) in [5.74, 6) is -10.6. The number of esters is 2. The number of ether oxygens (including phenoxy) is 3. The number of hydrogen-bond acceptors (Lipinski definition) is 15. The van der Waals surface area contributed by atoms with Crippen molar-refractivity contribution in [3.05, 3.63) is 70.8 Å². The van der Waals surface area contributed by atoms with Crippen LogP contribution in [0.1, 0.15) is 37.9 Å². The molecule has 2 atom stereocenters. The summed E-state index contributed by atoms with van der Waals surface area (Å²) in [6, 6.07) is 7.44. The molecule has 1 aliphatic rings.